The molecule has 0 aromatic carbocycles. The van der Waals surface area contributed by atoms with E-state index in [2.05, 4.69) is 15.6 Å². The number of carbonyl (C=O) groups excluding carboxylic acids is 1. The van der Waals surface area contributed by atoms with Gasteiger partial charge in [0, 0.05) is 5.54 Å². The van der Waals surface area contributed by atoms with E-state index in [0.717, 1.165) is 6.42 Å². The highest BCUT2D eigenvalue weighted by Gasteiger charge is 2.21. The van der Waals surface area contributed by atoms with Gasteiger partial charge in [-0.05, 0) is 27.2 Å². The van der Waals surface area contributed by atoms with Crippen LogP contribution >= 0.6 is 0 Å². The van der Waals surface area contributed by atoms with Crippen LogP contribution in [0.5, 0.6) is 0 Å². The monoisotopic (exact) mass is 188 g/mol. The fourth-order valence-corrected chi connectivity index (χ4v) is 0.760. The molecule has 0 aliphatic carbocycles. The number of hydrogen-bond acceptors (Lipinski definition) is 3. The second-order valence-corrected chi connectivity index (χ2v) is 3.77. The number of carbonyl (C=O) groups is 1. The van der Waals surface area contributed by atoms with Crippen molar-refractivity contribution in [3.05, 3.63) is 0 Å². The summed E-state index contributed by atoms with van der Waals surface area (Å²) < 4.78 is 0. The van der Waals surface area contributed by atoms with Crippen LogP contribution in [-0.2, 0) is 9.63 Å². The molecule has 4 nitrogen and oxygen atoms in total. The lowest BCUT2D eigenvalue weighted by atomic mass is 10.0. The van der Waals surface area contributed by atoms with Gasteiger partial charge in [0.05, 0.1) is 7.11 Å². The van der Waals surface area contributed by atoms with E-state index in [4.69, 9.17) is 0 Å². The van der Waals surface area contributed by atoms with Gasteiger partial charge in [-0.25, -0.2) is 0 Å². The lowest BCUT2D eigenvalue weighted by Gasteiger charge is -2.26. The lowest BCUT2D eigenvalue weighted by Crippen LogP contribution is -2.50. The molecule has 0 aromatic rings. The Morgan fingerprint density at radius 2 is 2.08 bits per heavy atom. The van der Waals surface area contributed by atoms with Crippen LogP contribution in [0.2, 0.25) is 0 Å². The second kappa shape index (κ2) is 5.19. The third kappa shape index (κ3) is 4.85. The Balaban J connectivity index is 3.99. The zero-order chi connectivity index (χ0) is 10.5. The van der Waals surface area contributed by atoms with Gasteiger partial charge in [0.1, 0.15) is 6.04 Å². The van der Waals surface area contributed by atoms with Gasteiger partial charge in [-0.1, -0.05) is 6.92 Å². The molecule has 0 rings (SSSR count). The lowest BCUT2D eigenvalue weighted by molar-refractivity contribution is -0.127. The molecule has 78 valence electrons. The number of hydrogen-bond donors (Lipinski definition) is 2. The summed E-state index contributed by atoms with van der Waals surface area (Å²) >= 11 is 0. The maximum atomic E-state index is 11.5. The molecule has 0 aliphatic rings. The molecular weight excluding hydrogens is 168 g/mol. The van der Waals surface area contributed by atoms with E-state index in [9.17, 15) is 4.79 Å². The number of amides is 1. The van der Waals surface area contributed by atoms with Crippen molar-refractivity contribution in [3.8, 4) is 0 Å². The van der Waals surface area contributed by atoms with Crippen molar-refractivity contribution >= 4 is 5.91 Å². The summed E-state index contributed by atoms with van der Waals surface area (Å²) in [6, 6.07) is -0.323. The van der Waals surface area contributed by atoms with E-state index in [-0.39, 0.29) is 17.5 Å². The standard InChI is InChI=1S/C9H20N2O2/c1-6-9(3,4)10-8(12)7(2)11-13-5/h7,11H,6H2,1-5H3,(H,10,12). The number of rotatable bonds is 5. The first-order valence-electron chi connectivity index (χ1n) is 4.53. The minimum Gasteiger partial charge on any atom is -0.350 e. The molecule has 4 heteroatoms. The Hall–Kier alpha value is -0.610. The molecule has 1 amide bonds. The zero-order valence-electron chi connectivity index (χ0n) is 9.10. The summed E-state index contributed by atoms with van der Waals surface area (Å²) in [5, 5.41) is 2.91. The SMILES string of the molecule is CCC(C)(C)NC(=O)C(C)NOC. The van der Waals surface area contributed by atoms with Crippen LogP contribution in [0.4, 0.5) is 0 Å². The highest BCUT2D eigenvalue weighted by Crippen LogP contribution is 2.06. The van der Waals surface area contributed by atoms with Gasteiger partial charge < -0.3 is 10.2 Å². The average Bonchev–Trinajstić information content (AvgIpc) is 2.04. The molecule has 0 radical (unpaired) electrons. The van der Waals surface area contributed by atoms with Crippen LogP contribution in [0.3, 0.4) is 0 Å². The first-order valence-corrected chi connectivity index (χ1v) is 4.53. The van der Waals surface area contributed by atoms with Crippen molar-refractivity contribution < 1.29 is 9.63 Å². The van der Waals surface area contributed by atoms with Gasteiger partial charge in [-0.2, -0.15) is 5.48 Å². The van der Waals surface area contributed by atoms with Crippen molar-refractivity contribution in [3.63, 3.8) is 0 Å². The van der Waals surface area contributed by atoms with E-state index in [0.29, 0.717) is 0 Å². The van der Waals surface area contributed by atoms with Gasteiger partial charge in [-0.3, -0.25) is 4.79 Å². The molecular formula is C9H20N2O2. The Labute approximate surface area is 80.0 Å². The van der Waals surface area contributed by atoms with Crippen molar-refractivity contribution in [2.45, 2.75) is 45.7 Å². The smallest absolute Gasteiger partial charge is 0.239 e. The largest absolute Gasteiger partial charge is 0.350 e. The second-order valence-electron chi connectivity index (χ2n) is 3.77. The van der Waals surface area contributed by atoms with E-state index in [1.165, 1.54) is 7.11 Å². The molecule has 1 atom stereocenters. The van der Waals surface area contributed by atoms with Crippen LogP contribution in [0, 0.1) is 0 Å². The molecule has 2 N–H and O–H groups in total. The normalized spacial score (nSPS) is 13.9. The predicted octanol–water partition coefficient (Wildman–Crippen LogP) is 0.831. The Bertz CT molecular complexity index is 169. The van der Waals surface area contributed by atoms with Crippen molar-refractivity contribution in [2.75, 3.05) is 7.11 Å². The third-order valence-electron chi connectivity index (χ3n) is 2.03. The van der Waals surface area contributed by atoms with Crippen molar-refractivity contribution in [1.82, 2.24) is 10.8 Å². The van der Waals surface area contributed by atoms with E-state index >= 15 is 0 Å². The summed E-state index contributed by atoms with van der Waals surface area (Å²) in [5.74, 6) is -0.0475. The quantitative estimate of drug-likeness (QED) is 0.628. The van der Waals surface area contributed by atoms with Gasteiger partial charge in [-0.15, -0.1) is 0 Å². The molecule has 0 aromatic heterocycles. The zero-order valence-corrected chi connectivity index (χ0v) is 9.10. The van der Waals surface area contributed by atoms with Crippen molar-refractivity contribution in [2.24, 2.45) is 0 Å². The molecule has 0 fully saturated rings. The summed E-state index contributed by atoms with van der Waals surface area (Å²) in [6.07, 6.45) is 0.901. The van der Waals surface area contributed by atoms with Gasteiger partial charge in [0.2, 0.25) is 5.91 Å². The minimum atomic E-state index is -0.323. The summed E-state index contributed by atoms with van der Waals surface area (Å²) in [4.78, 5) is 16.1. The Morgan fingerprint density at radius 3 is 2.46 bits per heavy atom. The molecule has 0 saturated carbocycles. The molecule has 0 aliphatic heterocycles. The van der Waals surface area contributed by atoms with Crippen LogP contribution in [0.1, 0.15) is 34.1 Å². The van der Waals surface area contributed by atoms with E-state index in [1.807, 2.05) is 20.8 Å². The van der Waals surface area contributed by atoms with E-state index in [1.54, 1.807) is 6.92 Å². The van der Waals surface area contributed by atoms with Crippen molar-refractivity contribution in [1.29, 1.82) is 0 Å². The van der Waals surface area contributed by atoms with Gasteiger partial charge >= 0.3 is 0 Å². The first-order chi connectivity index (χ1) is 5.93. The fourth-order valence-electron chi connectivity index (χ4n) is 0.760. The van der Waals surface area contributed by atoms with E-state index < -0.39 is 0 Å². The molecule has 0 bridgehead atoms. The third-order valence-corrected chi connectivity index (χ3v) is 2.03. The topological polar surface area (TPSA) is 50.4 Å². The van der Waals surface area contributed by atoms with Crippen LogP contribution in [0.15, 0.2) is 0 Å². The summed E-state index contributed by atoms with van der Waals surface area (Å²) in [6.45, 7) is 7.77. The number of hydroxylamine groups is 1. The first kappa shape index (κ1) is 12.4. The highest BCUT2D eigenvalue weighted by molar-refractivity contribution is 5.81. The summed E-state index contributed by atoms with van der Waals surface area (Å²) in [7, 11) is 1.49. The minimum absolute atomic E-state index is 0.0475. The maximum Gasteiger partial charge on any atom is 0.239 e. The summed E-state index contributed by atoms with van der Waals surface area (Å²) in [5.41, 5.74) is 2.43. The fraction of sp³-hybridized carbons (Fsp3) is 0.889. The van der Waals surface area contributed by atoms with Gasteiger partial charge in [0.15, 0.2) is 0 Å². The molecule has 0 heterocycles. The van der Waals surface area contributed by atoms with Gasteiger partial charge in [0.25, 0.3) is 0 Å². The highest BCUT2D eigenvalue weighted by atomic mass is 16.6. The molecule has 13 heavy (non-hydrogen) atoms. The molecule has 1 unspecified atom stereocenters. The predicted molar refractivity (Wildman–Crippen MR) is 52.1 cm³/mol. The molecule has 0 saturated heterocycles. The van der Waals surface area contributed by atoms with Crippen LogP contribution in [0.25, 0.3) is 0 Å². The molecule has 0 spiro atoms. The number of nitrogens with one attached hydrogen (secondary N) is 2. The Morgan fingerprint density at radius 1 is 1.54 bits per heavy atom. The maximum absolute atomic E-state index is 11.5. The Kier molecular flexibility index (Phi) is 4.95. The van der Waals surface area contributed by atoms with Crippen LogP contribution in [-0.4, -0.2) is 24.6 Å². The average molecular weight is 188 g/mol. The van der Waals surface area contributed by atoms with Crippen LogP contribution < -0.4 is 10.8 Å².